The fourth-order valence-electron chi connectivity index (χ4n) is 3.51. The maximum atomic E-state index is 13.0. The third-order valence-electron chi connectivity index (χ3n) is 5.27. The minimum atomic E-state index is -1.11. The second-order valence-corrected chi connectivity index (χ2v) is 7.72. The number of nitrogens with zero attached hydrogens (tertiary/aromatic N) is 2. The van der Waals surface area contributed by atoms with Crippen molar-refractivity contribution in [2.45, 2.75) is 26.2 Å². The number of nitro groups is 1. The van der Waals surface area contributed by atoms with Crippen molar-refractivity contribution in [3.05, 3.63) is 79.6 Å². The first-order chi connectivity index (χ1) is 15.7. The highest BCUT2D eigenvalue weighted by Gasteiger charge is 2.35. The van der Waals surface area contributed by atoms with Gasteiger partial charge in [-0.05, 0) is 31.5 Å². The Bertz CT molecular complexity index is 1330. The number of carbonyl (C=O) groups excluding carboxylic acids is 2. The number of hydrogen-bond acceptors (Lipinski definition) is 7. The van der Waals surface area contributed by atoms with Gasteiger partial charge in [0.2, 0.25) is 17.8 Å². The van der Waals surface area contributed by atoms with Gasteiger partial charge in [-0.2, -0.15) is 4.98 Å². The molecule has 0 radical (unpaired) electrons. The highest BCUT2D eigenvalue weighted by atomic mass is 16.6. The van der Waals surface area contributed by atoms with E-state index in [0.29, 0.717) is 11.3 Å². The molecule has 0 spiro atoms. The van der Waals surface area contributed by atoms with Crippen molar-refractivity contribution in [3.8, 4) is 0 Å². The zero-order valence-corrected chi connectivity index (χ0v) is 17.8. The predicted octanol–water partition coefficient (Wildman–Crippen LogP) is 3.10. The molecule has 168 valence electrons. The zero-order chi connectivity index (χ0) is 23.7. The van der Waals surface area contributed by atoms with Crippen LogP contribution in [0, 0.1) is 24.0 Å². The van der Waals surface area contributed by atoms with E-state index in [0.717, 1.165) is 5.56 Å². The van der Waals surface area contributed by atoms with Crippen LogP contribution in [0.3, 0.4) is 0 Å². The quantitative estimate of drug-likeness (QED) is 0.345. The summed E-state index contributed by atoms with van der Waals surface area (Å²) in [7, 11) is 0. The van der Waals surface area contributed by atoms with Gasteiger partial charge in [-0.25, -0.2) is 0 Å². The molecular formula is C22H20N6O5. The minimum Gasteiger partial charge on any atom is -0.326 e. The van der Waals surface area contributed by atoms with Crippen molar-refractivity contribution in [1.29, 1.82) is 0 Å². The maximum Gasteiger partial charge on any atom is 0.271 e. The van der Waals surface area contributed by atoms with Crippen LogP contribution in [0.2, 0.25) is 0 Å². The summed E-state index contributed by atoms with van der Waals surface area (Å²) in [5.41, 5.74) is 1.82. The van der Waals surface area contributed by atoms with E-state index in [4.69, 9.17) is 0 Å². The average Bonchev–Trinajstić information content (AvgIpc) is 2.75. The van der Waals surface area contributed by atoms with Crippen molar-refractivity contribution in [1.82, 2.24) is 9.97 Å². The van der Waals surface area contributed by atoms with Crippen molar-refractivity contribution in [2.24, 2.45) is 0 Å². The van der Waals surface area contributed by atoms with Crippen LogP contribution in [-0.4, -0.2) is 26.7 Å². The van der Waals surface area contributed by atoms with Crippen LogP contribution in [0.5, 0.6) is 0 Å². The summed E-state index contributed by atoms with van der Waals surface area (Å²) in [6.07, 6.45) is -0.262. The summed E-state index contributed by atoms with van der Waals surface area (Å²) in [6.45, 7) is 3.62. The Hall–Kier alpha value is -4.54. The smallest absolute Gasteiger partial charge is 0.271 e. The number of nitro benzene ring substituents is 1. The third kappa shape index (κ3) is 4.56. The van der Waals surface area contributed by atoms with E-state index in [9.17, 15) is 24.5 Å². The molecule has 2 amide bonds. The molecule has 11 heteroatoms. The van der Waals surface area contributed by atoms with Crippen molar-refractivity contribution in [2.75, 3.05) is 16.0 Å². The molecule has 0 fully saturated rings. The summed E-state index contributed by atoms with van der Waals surface area (Å²) >= 11 is 0. The molecule has 1 aliphatic rings. The highest BCUT2D eigenvalue weighted by molar-refractivity contribution is 6.04. The number of benzene rings is 2. The number of non-ortho nitro benzene ring substituents is 1. The molecule has 3 aromatic rings. The van der Waals surface area contributed by atoms with Gasteiger partial charge in [0.1, 0.15) is 5.82 Å². The number of aryl methyl sites for hydroxylation is 2. The van der Waals surface area contributed by atoms with Crippen LogP contribution in [-0.2, 0) is 9.59 Å². The standard InChI is InChI=1S/C22H20N6O5/c1-11-3-6-13(7-4-11)23-22-26-19-18(21(31)27-22)15(10-17(29)25-19)20(30)24-16-9-14(28(32)33)8-5-12(16)2/h3-9,15H,10H2,1-2H3,(H,24,30)(H3,23,25,26,27,29,31). The number of nitrogens with one attached hydrogen (secondary N) is 4. The molecule has 0 aliphatic carbocycles. The fraction of sp³-hybridized carbons (Fsp3) is 0.182. The molecule has 2 aromatic carbocycles. The Morgan fingerprint density at radius 1 is 1.15 bits per heavy atom. The Morgan fingerprint density at radius 2 is 1.88 bits per heavy atom. The molecule has 1 aromatic heterocycles. The molecule has 0 saturated heterocycles. The molecule has 0 bridgehead atoms. The fourth-order valence-corrected chi connectivity index (χ4v) is 3.51. The normalized spacial score (nSPS) is 14.7. The van der Waals surface area contributed by atoms with Crippen LogP contribution in [0.15, 0.2) is 47.3 Å². The first-order valence-electron chi connectivity index (χ1n) is 10.0. The van der Waals surface area contributed by atoms with E-state index < -0.39 is 28.2 Å². The maximum absolute atomic E-state index is 13.0. The van der Waals surface area contributed by atoms with Gasteiger partial charge in [0, 0.05) is 24.2 Å². The van der Waals surface area contributed by atoms with Gasteiger partial charge in [-0.15, -0.1) is 0 Å². The van der Waals surface area contributed by atoms with Gasteiger partial charge in [-0.1, -0.05) is 23.8 Å². The monoisotopic (exact) mass is 448 g/mol. The summed E-state index contributed by atoms with van der Waals surface area (Å²) in [5.74, 6) is -2.13. The lowest BCUT2D eigenvalue weighted by Gasteiger charge is -2.24. The van der Waals surface area contributed by atoms with Crippen LogP contribution in [0.25, 0.3) is 0 Å². The van der Waals surface area contributed by atoms with Crippen LogP contribution < -0.4 is 21.5 Å². The second kappa shape index (κ2) is 8.54. The van der Waals surface area contributed by atoms with E-state index in [-0.39, 0.29) is 35.1 Å². The summed E-state index contributed by atoms with van der Waals surface area (Å²) in [5, 5.41) is 19.2. The van der Waals surface area contributed by atoms with E-state index in [1.165, 1.54) is 18.2 Å². The SMILES string of the molecule is Cc1ccc(Nc2nc3c(c(=O)[nH]2)C(C(=O)Nc2cc([N+](=O)[O-])ccc2C)CC(=O)N3)cc1. The van der Waals surface area contributed by atoms with Gasteiger partial charge < -0.3 is 16.0 Å². The van der Waals surface area contributed by atoms with Crippen LogP contribution in [0.1, 0.15) is 29.0 Å². The van der Waals surface area contributed by atoms with E-state index in [1.54, 1.807) is 6.92 Å². The molecule has 1 aliphatic heterocycles. The Labute approximate surface area is 187 Å². The number of anilines is 4. The number of carbonyl (C=O) groups is 2. The van der Waals surface area contributed by atoms with Gasteiger partial charge in [-0.3, -0.25) is 29.5 Å². The number of amides is 2. The molecule has 2 heterocycles. The molecule has 1 atom stereocenters. The molecule has 1 unspecified atom stereocenters. The summed E-state index contributed by atoms with van der Waals surface area (Å²) in [4.78, 5) is 55.5. The van der Waals surface area contributed by atoms with Gasteiger partial charge in [0.15, 0.2) is 0 Å². The molecule has 4 N–H and O–H groups in total. The van der Waals surface area contributed by atoms with E-state index in [1.807, 2.05) is 31.2 Å². The summed E-state index contributed by atoms with van der Waals surface area (Å²) < 4.78 is 0. The second-order valence-electron chi connectivity index (χ2n) is 7.72. The minimum absolute atomic E-state index is 0.0134. The molecular weight excluding hydrogens is 428 g/mol. The Morgan fingerprint density at radius 3 is 2.58 bits per heavy atom. The van der Waals surface area contributed by atoms with Gasteiger partial charge >= 0.3 is 0 Å². The molecule has 33 heavy (non-hydrogen) atoms. The van der Waals surface area contributed by atoms with E-state index in [2.05, 4.69) is 25.9 Å². The molecule has 0 saturated carbocycles. The first-order valence-corrected chi connectivity index (χ1v) is 10.0. The lowest BCUT2D eigenvalue weighted by molar-refractivity contribution is -0.384. The largest absolute Gasteiger partial charge is 0.326 e. The number of aromatic nitrogens is 2. The van der Waals surface area contributed by atoms with Gasteiger partial charge in [0.05, 0.1) is 22.1 Å². The highest BCUT2D eigenvalue weighted by Crippen LogP contribution is 2.31. The first kappa shape index (κ1) is 21.7. The predicted molar refractivity (Wildman–Crippen MR) is 122 cm³/mol. The zero-order valence-electron chi connectivity index (χ0n) is 17.8. The average molecular weight is 448 g/mol. The Kier molecular flexibility index (Phi) is 5.61. The summed E-state index contributed by atoms with van der Waals surface area (Å²) in [6, 6.07) is 11.5. The number of rotatable bonds is 5. The number of H-pyrrole nitrogens is 1. The van der Waals surface area contributed by atoms with Crippen molar-refractivity contribution in [3.63, 3.8) is 0 Å². The lowest BCUT2D eigenvalue weighted by atomic mass is 9.92. The van der Waals surface area contributed by atoms with Crippen molar-refractivity contribution >= 4 is 40.6 Å². The van der Waals surface area contributed by atoms with Gasteiger partial charge in [0.25, 0.3) is 11.2 Å². The molecule has 4 rings (SSSR count). The third-order valence-corrected chi connectivity index (χ3v) is 5.27. The van der Waals surface area contributed by atoms with Crippen LogP contribution in [0.4, 0.5) is 28.8 Å². The molecule has 11 nitrogen and oxygen atoms in total. The number of fused-ring (bicyclic) bond motifs is 1. The van der Waals surface area contributed by atoms with Crippen LogP contribution >= 0.6 is 0 Å². The Balaban J connectivity index is 1.64. The number of aromatic amines is 1. The topological polar surface area (TPSA) is 159 Å². The lowest BCUT2D eigenvalue weighted by Crippen LogP contribution is -2.36. The number of hydrogen-bond donors (Lipinski definition) is 4. The van der Waals surface area contributed by atoms with E-state index >= 15 is 0 Å². The van der Waals surface area contributed by atoms with Crippen molar-refractivity contribution < 1.29 is 14.5 Å².